The van der Waals surface area contributed by atoms with E-state index in [0.29, 0.717) is 16.5 Å². The Bertz CT molecular complexity index is 733. The van der Waals surface area contributed by atoms with Crippen LogP contribution in [0.2, 0.25) is 10.0 Å². The number of nitrogens with one attached hydrogen (secondary N) is 1. The maximum absolute atomic E-state index is 12.1. The summed E-state index contributed by atoms with van der Waals surface area (Å²) in [5.74, 6) is -0.237. The molecule has 2 aromatic rings. The van der Waals surface area contributed by atoms with Crippen LogP contribution < -0.4 is 10.1 Å². The zero-order valence-corrected chi connectivity index (χ0v) is 15.1. The van der Waals surface area contributed by atoms with Gasteiger partial charge in [0.05, 0.1) is 17.8 Å². The van der Waals surface area contributed by atoms with Crippen molar-refractivity contribution in [2.45, 2.75) is 32.6 Å². The average molecular weight is 386 g/mol. The van der Waals surface area contributed by atoms with Gasteiger partial charge in [-0.2, -0.15) is 0 Å². The molecule has 0 bridgehead atoms. The van der Waals surface area contributed by atoms with Crippen LogP contribution in [-0.4, -0.2) is 24.1 Å². The van der Waals surface area contributed by atoms with Gasteiger partial charge in [-0.15, -0.1) is 0 Å². The lowest BCUT2D eigenvalue weighted by molar-refractivity contribution is -0.160. The first kappa shape index (κ1) is 19.1. The van der Waals surface area contributed by atoms with Crippen molar-refractivity contribution in [1.29, 1.82) is 0 Å². The molecule has 1 aromatic carbocycles. The molecule has 25 heavy (non-hydrogen) atoms. The molecular weight excluding hydrogens is 369 g/mol. The topological polar surface area (TPSA) is 77.8 Å². The minimum atomic E-state index is -0.978. The molecule has 0 aliphatic carbocycles. The Morgan fingerprint density at radius 3 is 2.60 bits per heavy atom. The lowest BCUT2D eigenvalue weighted by atomic mass is 10.3. The highest BCUT2D eigenvalue weighted by Crippen LogP contribution is 2.28. The Labute approximate surface area is 155 Å². The Morgan fingerprint density at radius 2 is 1.96 bits per heavy atom. The molecular formula is C17H17Cl2NO5. The molecule has 1 aromatic heterocycles. The first-order valence-corrected chi connectivity index (χ1v) is 8.24. The van der Waals surface area contributed by atoms with Crippen LogP contribution in [0.1, 0.15) is 19.6 Å². The van der Waals surface area contributed by atoms with Crippen molar-refractivity contribution in [3.63, 3.8) is 0 Å². The van der Waals surface area contributed by atoms with E-state index >= 15 is 0 Å². The van der Waals surface area contributed by atoms with Gasteiger partial charge in [0.2, 0.25) is 0 Å². The summed E-state index contributed by atoms with van der Waals surface area (Å²) in [6.07, 6.45) is -0.417. The van der Waals surface area contributed by atoms with Gasteiger partial charge in [-0.05, 0) is 44.2 Å². The fourth-order valence-corrected chi connectivity index (χ4v) is 2.32. The molecule has 0 fully saturated rings. The van der Waals surface area contributed by atoms with Gasteiger partial charge >= 0.3 is 5.97 Å². The van der Waals surface area contributed by atoms with Crippen molar-refractivity contribution in [2.24, 2.45) is 0 Å². The molecule has 1 heterocycles. The van der Waals surface area contributed by atoms with E-state index in [1.807, 2.05) is 0 Å². The van der Waals surface area contributed by atoms with Crippen LogP contribution in [0.25, 0.3) is 0 Å². The summed E-state index contributed by atoms with van der Waals surface area (Å²) in [5, 5.41) is 3.34. The maximum atomic E-state index is 12.1. The number of amides is 1. The Balaban J connectivity index is 1.83. The van der Waals surface area contributed by atoms with Crippen LogP contribution in [0.3, 0.4) is 0 Å². The van der Waals surface area contributed by atoms with Crippen LogP contribution in [-0.2, 0) is 20.9 Å². The molecule has 8 heteroatoms. The first-order chi connectivity index (χ1) is 11.9. The Hall–Kier alpha value is -2.18. The molecule has 0 saturated heterocycles. The van der Waals surface area contributed by atoms with Crippen LogP contribution in [0.5, 0.6) is 5.75 Å². The van der Waals surface area contributed by atoms with Crippen molar-refractivity contribution < 1.29 is 23.5 Å². The van der Waals surface area contributed by atoms with Gasteiger partial charge in [-0.25, -0.2) is 4.79 Å². The highest BCUT2D eigenvalue weighted by atomic mass is 35.5. The third-order valence-corrected chi connectivity index (χ3v) is 3.74. The summed E-state index contributed by atoms with van der Waals surface area (Å²) >= 11 is 11.8. The van der Waals surface area contributed by atoms with Gasteiger partial charge in [-0.3, -0.25) is 4.79 Å². The molecule has 0 aliphatic rings. The smallest absolute Gasteiger partial charge is 0.347 e. The predicted molar refractivity (Wildman–Crippen MR) is 92.7 cm³/mol. The third-order valence-electron chi connectivity index (χ3n) is 3.21. The minimum Gasteiger partial charge on any atom is -0.477 e. The van der Waals surface area contributed by atoms with E-state index in [1.54, 1.807) is 24.3 Å². The number of ether oxygens (including phenoxy) is 2. The van der Waals surface area contributed by atoms with E-state index in [1.165, 1.54) is 26.2 Å². The van der Waals surface area contributed by atoms with E-state index in [9.17, 15) is 9.59 Å². The van der Waals surface area contributed by atoms with Crippen LogP contribution in [0.15, 0.2) is 41.0 Å². The normalized spacial score (nSPS) is 13.0. The zero-order chi connectivity index (χ0) is 18.4. The number of esters is 1. The molecule has 6 nitrogen and oxygen atoms in total. The van der Waals surface area contributed by atoms with Crippen molar-refractivity contribution in [1.82, 2.24) is 5.32 Å². The fourth-order valence-electron chi connectivity index (χ4n) is 1.86. The standard InChI is InChI=1S/C17H17Cl2NO5/c1-10(16(21)20-9-13-4-3-7-23-13)25-17(22)11(2)24-15-6-5-12(18)8-14(15)19/h3-8,10-11H,9H2,1-2H3,(H,20,21)/t10-,11+/m0/s1. The van der Waals surface area contributed by atoms with E-state index in [-0.39, 0.29) is 11.6 Å². The number of halogens is 2. The van der Waals surface area contributed by atoms with Gasteiger partial charge in [0, 0.05) is 5.02 Å². The lowest BCUT2D eigenvalue weighted by Crippen LogP contribution is -2.38. The van der Waals surface area contributed by atoms with Gasteiger partial charge in [-0.1, -0.05) is 23.2 Å². The summed E-state index contributed by atoms with van der Waals surface area (Å²) in [6, 6.07) is 8.08. The minimum absolute atomic E-state index is 0.208. The molecule has 2 atom stereocenters. The molecule has 0 radical (unpaired) electrons. The Morgan fingerprint density at radius 1 is 1.20 bits per heavy atom. The van der Waals surface area contributed by atoms with Crippen molar-refractivity contribution in [3.8, 4) is 5.75 Å². The lowest BCUT2D eigenvalue weighted by Gasteiger charge is -2.18. The highest BCUT2D eigenvalue weighted by molar-refractivity contribution is 6.35. The molecule has 1 amide bonds. The number of rotatable bonds is 7. The molecule has 2 rings (SSSR count). The number of hydrogen-bond acceptors (Lipinski definition) is 5. The first-order valence-electron chi connectivity index (χ1n) is 7.49. The van der Waals surface area contributed by atoms with E-state index in [2.05, 4.69) is 5.32 Å². The third kappa shape index (κ3) is 5.69. The summed E-state index contributed by atoms with van der Waals surface area (Å²) in [7, 11) is 0. The average Bonchev–Trinajstić information content (AvgIpc) is 3.08. The van der Waals surface area contributed by atoms with Crippen LogP contribution >= 0.6 is 23.2 Å². The molecule has 0 aliphatic heterocycles. The van der Waals surface area contributed by atoms with E-state index in [4.69, 9.17) is 37.1 Å². The summed E-state index contributed by atoms with van der Waals surface area (Å²) < 4.78 is 15.7. The number of carbonyl (C=O) groups excluding carboxylic acids is 2. The molecule has 0 spiro atoms. The van der Waals surface area contributed by atoms with Crippen molar-refractivity contribution in [3.05, 3.63) is 52.4 Å². The van der Waals surface area contributed by atoms with E-state index in [0.717, 1.165) is 0 Å². The largest absolute Gasteiger partial charge is 0.477 e. The molecule has 134 valence electrons. The van der Waals surface area contributed by atoms with Gasteiger partial charge in [0.1, 0.15) is 11.5 Å². The second kappa shape index (κ2) is 8.78. The van der Waals surface area contributed by atoms with Crippen molar-refractivity contribution >= 4 is 35.1 Å². The number of furan rings is 1. The predicted octanol–water partition coefficient (Wildman–Crippen LogP) is 3.60. The second-order valence-corrected chi connectivity index (χ2v) is 6.05. The summed E-state index contributed by atoms with van der Waals surface area (Å²) in [5.41, 5.74) is 0. The molecule has 1 N–H and O–H groups in total. The second-order valence-electron chi connectivity index (χ2n) is 5.21. The number of carbonyl (C=O) groups is 2. The van der Waals surface area contributed by atoms with Gasteiger partial charge in [0.15, 0.2) is 12.2 Å². The number of hydrogen-bond donors (Lipinski definition) is 1. The van der Waals surface area contributed by atoms with Crippen LogP contribution in [0.4, 0.5) is 0 Å². The fraction of sp³-hybridized carbons (Fsp3) is 0.294. The monoisotopic (exact) mass is 385 g/mol. The van der Waals surface area contributed by atoms with E-state index < -0.39 is 24.1 Å². The van der Waals surface area contributed by atoms with Crippen molar-refractivity contribution in [2.75, 3.05) is 0 Å². The SMILES string of the molecule is C[C@H](OC(=O)[C@@H](C)Oc1ccc(Cl)cc1Cl)C(=O)NCc1ccco1. The molecule has 0 saturated carbocycles. The summed E-state index contributed by atoms with van der Waals surface area (Å²) in [6.45, 7) is 3.18. The summed E-state index contributed by atoms with van der Waals surface area (Å²) in [4.78, 5) is 24.0. The highest BCUT2D eigenvalue weighted by Gasteiger charge is 2.23. The molecule has 0 unspecified atom stereocenters. The maximum Gasteiger partial charge on any atom is 0.347 e. The van der Waals surface area contributed by atoms with Gasteiger partial charge in [0.25, 0.3) is 5.91 Å². The van der Waals surface area contributed by atoms with Crippen LogP contribution in [0, 0.1) is 0 Å². The quantitative estimate of drug-likeness (QED) is 0.736. The Kier molecular flexibility index (Phi) is 6.73. The number of benzene rings is 1. The zero-order valence-electron chi connectivity index (χ0n) is 13.6. The van der Waals surface area contributed by atoms with Gasteiger partial charge < -0.3 is 19.2 Å².